The number of ether oxygens (including phenoxy) is 1. The summed E-state index contributed by atoms with van der Waals surface area (Å²) in [5, 5.41) is 1.07. The predicted octanol–water partition coefficient (Wildman–Crippen LogP) is 2.76. The fourth-order valence-corrected chi connectivity index (χ4v) is 2.67. The van der Waals surface area contributed by atoms with Crippen LogP contribution in [0.1, 0.15) is 32.9 Å². The second-order valence-electron chi connectivity index (χ2n) is 4.78. The van der Waals surface area contributed by atoms with E-state index in [1.54, 1.807) is 6.33 Å². The zero-order valence-electron chi connectivity index (χ0n) is 10.2. The van der Waals surface area contributed by atoms with Gasteiger partial charge in [-0.25, -0.2) is 9.97 Å². The van der Waals surface area contributed by atoms with Crippen LogP contribution >= 0.6 is 0 Å². The minimum Gasteiger partial charge on any atom is -0.354 e. The highest BCUT2D eigenvalue weighted by atomic mass is 16.5. The SMILES string of the molecule is CC[C@@H]1O[C@H](n2ccc3cncnc32)CC1C. The van der Waals surface area contributed by atoms with Gasteiger partial charge in [-0.2, -0.15) is 0 Å². The van der Waals surface area contributed by atoms with Gasteiger partial charge in [-0.3, -0.25) is 0 Å². The van der Waals surface area contributed by atoms with Gasteiger partial charge in [0.25, 0.3) is 0 Å². The highest BCUT2D eigenvalue weighted by Gasteiger charge is 2.32. The number of rotatable bonds is 2. The lowest BCUT2D eigenvalue weighted by atomic mass is 10.0. The molecule has 3 rings (SSSR count). The van der Waals surface area contributed by atoms with E-state index in [4.69, 9.17) is 4.74 Å². The summed E-state index contributed by atoms with van der Waals surface area (Å²) in [6, 6.07) is 2.04. The molecule has 4 heteroatoms. The van der Waals surface area contributed by atoms with E-state index in [1.807, 2.05) is 12.3 Å². The van der Waals surface area contributed by atoms with E-state index in [0.717, 1.165) is 23.9 Å². The monoisotopic (exact) mass is 231 g/mol. The molecule has 1 aliphatic rings. The molecule has 3 atom stereocenters. The third kappa shape index (κ3) is 1.72. The van der Waals surface area contributed by atoms with Crippen LogP contribution in [0.4, 0.5) is 0 Å². The van der Waals surface area contributed by atoms with E-state index in [0.29, 0.717) is 12.0 Å². The molecule has 0 saturated carbocycles. The standard InChI is InChI=1S/C13H17N3O/c1-3-11-9(2)6-12(17-11)16-5-4-10-7-14-8-15-13(10)16/h4-5,7-9,11-12H,3,6H2,1-2H3/t9?,11-,12-/m0/s1. The van der Waals surface area contributed by atoms with Crippen LogP contribution in [-0.2, 0) is 4.74 Å². The van der Waals surface area contributed by atoms with Crippen LogP contribution in [0.25, 0.3) is 11.0 Å². The second kappa shape index (κ2) is 4.11. The third-order valence-electron chi connectivity index (χ3n) is 3.63. The predicted molar refractivity (Wildman–Crippen MR) is 65.5 cm³/mol. The summed E-state index contributed by atoms with van der Waals surface area (Å²) in [5.74, 6) is 0.615. The molecule has 3 heterocycles. The van der Waals surface area contributed by atoms with Gasteiger partial charge in [-0.15, -0.1) is 0 Å². The van der Waals surface area contributed by atoms with Crippen molar-refractivity contribution < 1.29 is 4.74 Å². The Kier molecular flexibility index (Phi) is 2.59. The van der Waals surface area contributed by atoms with Gasteiger partial charge in [0.15, 0.2) is 0 Å². The zero-order chi connectivity index (χ0) is 11.8. The fourth-order valence-electron chi connectivity index (χ4n) is 2.67. The van der Waals surface area contributed by atoms with Gasteiger partial charge in [0.05, 0.1) is 6.10 Å². The largest absolute Gasteiger partial charge is 0.354 e. The van der Waals surface area contributed by atoms with Gasteiger partial charge in [0, 0.05) is 17.8 Å². The first-order chi connectivity index (χ1) is 8.29. The quantitative estimate of drug-likeness (QED) is 0.797. The normalized spacial score (nSPS) is 28.9. The molecular formula is C13H17N3O. The van der Waals surface area contributed by atoms with E-state index in [1.165, 1.54) is 0 Å². The molecular weight excluding hydrogens is 214 g/mol. The van der Waals surface area contributed by atoms with Gasteiger partial charge in [-0.05, 0) is 24.8 Å². The van der Waals surface area contributed by atoms with Crippen molar-refractivity contribution in [3.05, 3.63) is 24.8 Å². The number of fused-ring (bicyclic) bond motifs is 1. The van der Waals surface area contributed by atoms with Crippen molar-refractivity contribution in [2.45, 2.75) is 39.0 Å². The smallest absolute Gasteiger partial charge is 0.145 e. The Balaban J connectivity index is 1.95. The van der Waals surface area contributed by atoms with Gasteiger partial charge < -0.3 is 9.30 Å². The van der Waals surface area contributed by atoms with Crippen LogP contribution in [0.3, 0.4) is 0 Å². The lowest BCUT2D eigenvalue weighted by Gasteiger charge is -2.15. The molecule has 0 aliphatic carbocycles. The molecule has 0 N–H and O–H groups in total. The van der Waals surface area contributed by atoms with E-state index in [-0.39, 0.29) is 6.23 Å². The van der Waals surface area contributed by atoms with Gasteiger partial charge in [0.2, 0.25) is 0 Å². The van der Waals surface area contributed by atoms with Crippen LogP contribution in [0, 0.1) is 5.92 Å². The number of hydrogen-bond donors (Lipinski definition) is 0. The second-order valence-corrected chi connectivity index (χ2v) is 4.78. The summed E-state index contributed by atoms with van der Waals surface area (Å²) in [6.45, 7) is 4.44. The molecule has 0 radical (unpaired) electrons. The first-order valence-electron chi connectivity index (χ1n) is 6.21. The molecule has 1 saturated heterocycles. The highest BCUT2D eigenvalue weighted by molar-refractivity contribution is 5.74. The molecule has 4 nitrogen and oxygen atoms in total. The molecule has 1 unspecified atom stereocenters. The Morgan fingerprint density at radius 1 is 1.53 bits per heavy atom. The summed E-state index contributed by atoms with van der Waals surface area (Å²) in [5.41, 5.74) is 0.967. The van der Waals surface area contributed by atoms with Crippen LogP contribution in [0.5, 0.6) is 0 Å². The highest BCUT2D eigenvalue weighted by Crippen LogP contribution is 2.36. The summed E-state index contributed by atoms with van der Waals surface area (Å²) >= 11 is 0. The summed E-state index contributed by atoms with van der Waals surface area (Å²) in [7, 11) is 0. The topological polar surface area (TPSA) is 39.9 Å². The van der Waals surface area contributed by atoms with Crippen LogP contribution in [-0.4, -0.2) is 20.6 Å². The Labute approximate surface area is 101 Å². The maximum atomic E-state index is 6.08. The van der Waals surface area contributed by atoms with Crippen molar-refractivity contribution in [2.24, 2.45) is 5.92 Å². The van der Waals surface area contributed by atoms with Gasteiger partial charge in [0.1, 0.15) is 18.2 Å². The zero-order valence-corrected chi connectivity index (χ0v) is 10.2. The Morgan fingerprint density at radius 3 is 3.18 bits per heavy atom. The van der Waals surface area contributed by atoms with E-state index in [2.05, 4.69) is 34.6 Å². The Bertz CT molecular complexity index is 522. The van der Waals surface area contributed by atoms with Crippen molar-refractivity contribution in [3.8, 4) is 0 Å². The Morgan fingerprint density at radius 2 is 2.41 bits per heavy atom. The maximum absolute atomic E-state index is 6.08. The molecule has 90 valence electrons. The van der Waals surface area contributed by atoms with Crippen LogP contribution in [0.2, 0.25) is 0 Å². The number of nitrogens with zero attached hydrogens (tertiary/aromatic N) is 3. The van der Waals surface area contributed by atoms with Gasteiger partial charge >= 0.3 is 0 Å². The van der Waals surface area contributed by atoms with Crippen molar-refractivity contribution in [2.75, 3.05) is 0 Å². The lowest BCUT2D eigenvalue weighted by molar-refractivity contribution is -0.00275. The third-order valence-corrected chi connectivity index (χ3v) is 3.63. The van der Waals surface area contributed by atoms with Crippen molar-refractivity contribution in [1.29, 1.82) is 0 Å². The molecule has 2 aromatic rings. The number of hydrogen-bond acceptors (Lipinski definition) is 3. The fraction of sp³-hybridized carbons (Fsp3) is 0.538. The summed E-state index contributed by atoms with van der Waals surface area (Å²) < 4.78 is 8.21. The van der Waals surface area contributed by atoms with E-state index in [9.17, 15) is 0 Å². The molecule has 1 fully saturated rings. The average Bonchev–Trinajstić information content (AvgIpc) is 2.92. The maximum Gasteiger partial charge on any atom is 0.145 e. The minimum atomic E-state index is 0.127. The Hall–Kier alpha value is -1.42. The number of aromatic nitrogens is 3. The molecule has 1 aliphatic heterocycles. The molecule has 0 bridgehead atoms. The van der Waals surface area contributed by atoms with Gasteiger partial charge in [-0.1, -0.05) is 13.8 Å². The van der Waals surface area contributed by atoms with E-state index < -0.39 is 0 Å². The minimum absolute atomic E-state index is 0.127. The summed E-state index contributed by atoms with van der Waals surface area (Å²) in [4.78, 5) is 8.37. The molecule has 17 heavy (non-hydrogen) atoms. The first kappa shape index (κ1) is 10.7. The van der Waals surface area contributed by atoms with Crippen molar-refractivity contribution in [1.82, 2.24) is 14.5 Å². The van der Waals surface area contributed by atoms with Crippen LogP contribution < -0.4 is 0 Å². The summed E-state index contributed by atoms with van der Waals surface area (Å²) in [6.07, 6.45) is 8.12. The van der Waals surface area contributed by atoms with E-state index >= 15 is 0 Å². The van der Waals surface area contributed by atoms with Crippen molar-refractivity contribution >= 4 is 11.0 Å². The lowest BCUT2D eigenvalue weighted by Crippen LogP contribution is -2.12. The molecule has 0 spiro atoms. The van der Waals surface area contributed by atoms with Crippen LogP contribution in [0.15, 0.2) is 24.8 Å². The van der Waals surface area contributed by atoms with Crippen molar-refractivity contribution in [3.63, 3.8) is 0 Å². The molecule has 0 aromatic carbocycles. The molecule has 0 amide bonds. The molecule has 2 aromatic heterocycles. The first-order valence-corrected chi connectivity index (χ1v) is 6.21. The average molecular weight is 231 g/mol.